The molecule has 1 aliphatic rings. The summed E-state index contributed by atoms with van der Waals surface area (Å²) in [6.45, 7) is 0. The van der Waals surface area contributed by atoms with Crippen LogP contribution in [0.25, 0.3) is 5.69 Å². The molecule has 0 radical (unpaired) electrons. The zero-order valence-corrected chi connectivity index (χ0v) is 9.48. The van der Waals surface area contributed by atoms with Crippen LogP contribution in [0.2, 0.25) is 5.02 Å². The highest BCUT2D eigenvalue weighted by Gasteiger charge is 2.29. The summed E-state index contributed by atoms with van der Waals surface area (Å²) < 4.78 is 1.92. The third kappa shape index (κ3) is 1.57. The lowest BCUT2D eigenvalue weighted by Crippen LogP contribution is -2.02. The molecule has 0 saturated heterocycles. The van der Waals surface area contributed by atoms with Gasteiger partial charge in [0.05, 0.1) is 23.3 Å². The molecule has 1 aliphatic carbocycles. The minimum absolute atomic E-state index is 0.582. The van der Waals surface area contributed by atoms with E-state index in [1.807, 2.05) is 28.9 Å². The van der Waals surface area contributed by atoms with Gasteiger partial charge in [-0.1, -0.05) is 11.6 Å². The van der Waals surface area contributed by atoms with Crippen LogP contribution in [0.15, 0.2) is 30.5 Å². The predicted octanol–water partition coefficient (Wildman–Crippen LogP) is 2.99. The van der Waals surface area contributed by atoms with Gasteiger partial charge in [0.2, 0.25) is 0 Å². The van der Waals surface area contributed by atoms with Crippen molar-refractivity contribution in [1.82, 2.24) is 9.78 Å². The van der Waals surface area contributed by atoms with Gasteiger partial charge in [0, 0.05) is 10.9 Å². The van der Waals surface area contributed by atoms with E-state index in [1.54, 1.807) is 6.20 Å². The fourth-order valence-corrected chi connectivity index (χ4v) is 2.05. The molecular weight excluding hydrogens is 222 g/mol. The molecule has 0 aliphatic heterocycles. The molecule has 3 rings (SSSR count). The third-order valence-corrected chi connectivity index (χ3v) is 3.12. The number of aromatic nitrogens is 2. The molecule has 0 amide bonds. The van der Waals surface area contributed by atoms with Crippen molar-refractivity contribution in [3.8, 4) is 5.69 Å². The molecule has 1 aromatic carbocycles. The number of nitrogens with two attached hydrogens (primary N) is 1. The number of halogens is 1. The summed E-state index contributed by atoms with van der Waals surface area (Å²) in [6.07, 6.45) is 4.15. The Morgan fingerprint density at radius 1 is 1.25 bits per heavy atom. The van der Waals surface area contributed by atoms with E-state index in [4.69, 9.17) is 17.3 Å². The van der Waals surface area contributed by atoms with Crippen LogP contribution in [-0.4, -0.2) is 9.78 Å². The first-order valence-corrected chi connectivity index (χ1v) is 5.73. The topological polar surface area (TPSA) is 43.8 Å². The van der Waals surface area contributed by atoms with E-state index in [2.05, 4.69) is 5.10 Å². The number of nitrogens with zero attached hydrogens (tertiary/aromatic N) is 2. The van der Waals surface area contributed by atoms with Crippen LogP contribution in [0.1, 0.15) is 24.5 Å². The van der Waals surface area contributed by atoms with Gasteiger partial charge < -0.3 is 5.73 Å². The van der Waals surface area contributed by atoms with Gasteiger partial charge in [-0.25, -0.2) is 4.68 Å². The summed E-state index contributed by atoms with van der Waals surface area (Å²) in [6, 6.07) is 7.65. The van der Waals surface area contributed by atoms with E-state index in [9.17, 15) is 0 Å². The van der Waals surface area contributed by atoms with Crippen molar-refractivity contribution in [2.75, 3.05) is 5.73 Å². The minimum atomic E-state index is 0.582. The van der Waals surface area contributed by atoms with Crippen LogP contribution in [0.3, 0.4) is 0 Å². The Bertz CT molecular complexity index is 512. The quantitative estimate of drug-likeness (QED) is 0.867. The fourth-order valence-electron chi connectivity index (χ4n) is 1.92. The molecule has 2 N–H and O–H groups in total. The lowest BCUT2D eigenvalue weighted by molar-refractivity contribution is 0.809. The second-order valence-electron chi connectivity index (χ2n) is 4.15. The van der Waals surface area contributed by atoms with Crippen LogP contribution in [0.4, 0.5) is 5.69 Å². The fraction of sp³-hybridized carbons (Fsp3) is 0.250. The van der Waals surface area contributed by atoms with Gasteiger partial charge in [-0.05, 0) is 37.1 Å². The molecule has 1 aromatic heterocycles. The molecule has 16 heavy (non-hydrogen) atoms. The van der Waals surface area contributed by atoms with Gasteiger partial charge in [-0.2, -0.15) is 5.10 Å². The number of benzene rings is 1. The zero-order valence-electron chi connectivity index (χ0n) is 8.73. The van der Waals surface area contributed by atoms with E-state index in [-0.39, 0.29) is 0 Å². The average molecular weight is 234 g/mol. The van der Waals surface area contributed by atoms with E-state index >= 15 is 0 Å². The molecule has 0 unspecified atom stereocenters. The Balaban J connectivity index is 2.08. The highest BCUT2D eigenvalue weighted by atomic mass is 35.5. The SMILES string of the molecule is Nc1cnn(-c2ccc(Cl)cc2)c1C1CC1. The number of hydrogen-bond donors (Lipinski definition) is 1. The highest BCUT2D eigenvalue weighted by molar-refractivity contribution is 6.30. The van der Waals surface area contributed by atoms with Crippen LogP contribution in [0.5, 0.6) is 0 Å². The Morgan fingerprint density at radius 2 is 1.94 bits per heavy atom. The molecule has 0 bridgehead atoms. The van der Waals surface area contributed by atoms with Gasteiger partial charge in [0.15, 0.2) is 0 Å². The third-order valence-electron chi connectivity index (χ3n) is 2.87. The Labute approximate surface area is 98.8 Å². The summed E-state index contributed by atoms with van der Waals surface area (Å²) in [7, 11) is 0. The summed E-state index contributed by atoms with van der Waals surface area (Å²) in [4.78, 5) is 0. The molecule has 1 fully saturated rings. The number of nitrogen functional groups attached to an aromatic ring is 1. The Kier molecular flexibility index (Phi) is 2.14. The Morgan fingerprint density at radius 3 is 2.56 bits per heavy atom. The first-order valence-electron chi connectivity index (χ1n) is 5.35. The largest absolute Gasteiger partial charge is 0.396 e. The number of anilines is 1. The Hall–Kier alpha value is -1.48. The number of hydrogen-bond acceptors (Lipinski definition) is 2. The smallest absolute Gasteiger partial charge is 0.0740 e. The van der Waals surface area contributed by atoms with Crippen molar-refractivity contribution < 1.29 is 0 Å². The first-order chi connectivity index (χ1) is 7.75. The van der Waals surface area contributed by atoms with Crippen LogP contribution < -0.4 is 5.73 Å². The molecule has 1 saturated carbocycles. The lowest BCUT2D eigenvalue weighted by atomic mass is 10.2. The van der Waals surface area contributed by atoms with Crippen molar-refractivity contribution in [2.24, 2.45) is 0 Å². The summed E-state index contributed by atoms with van der Waals surface area (Å²) in [5.41, 5.74) is 8.89. The maximum absolute atomic E-state index is 5.94. The molecule has 0 atom stereocenters. The summed E-state index contributed by atoms with van der Waals surface area (Å²) >= 11 is 5.86. The maximum Gasteiger partial charge on any atom is 0.0740 e. The van der Waals surface area contributed by atoms with Gasteiger partial charge in [0.1, 0.15) is 0 Å². The normalized spacial score (nSPS) is 15.3. The zero-order chi connectivity index (χ0) is 11.1. The van der Waals surface area contributed by atoms with Crippen molar-refractivity contribution >= 4 is 17.3 Å². The van der Waals surface area contributed by atoms with E-state index in [1.165, 1.54) is 12.8 Å². The van der Waals surface area contributed by atoms with E-state index in [0.29, 0.717) is 5.92 Å². The van der Waals surface area contributed by atoms with Crippen LogP contribution in [0, 0.1) is 0 Å². The van der Waals surface area contributed by atoms with Crippen LogP contribution in [-0.2, 0) is 0 Å². The van der Waals surface area contributed by atoms with Gasteiger partial charge in [-0.15, -0.1) is 0 Å². The van der Waals surface area contributed by atoms with Crippen molar-refractivity contribution in [3.63, 3.8) is 0 Å². The second-order valence-corrected chi connectivity index (χ2v) is 4.58. The van der Waals surface area contributed by atoms with E-state index in [0.717, 1.165) is 22.1 Å². The number of rotatable bonds is 2. The van der Waals surface area contributed by atoms with Gasteiger partial charge in [0.25, 0.3) is 0 Å². The average Bonchev–Trinajstić information content (AvgIpc) is 3.04. The van der Waals surface area contributed by atoms with Crippen molar-refractivity contribution in [1.29, 1.82) is 0 Å². The molecule has 0 spiro atoms. The summed E-state index contributed by atoms with van der Waals surface area (Å²) in [5, 5.41) is 5.06. The van der Waals surface area contributed by atoms with Crippen LogP contribution >= 0.6 is 11.6 Å². The van der Waals surface area contributed by atoms with Crippen molar-refractivity contribution in [2.45, 2.75) is 18.8 Å². The molecule has 1 heterocycles. The maximum atomic E-state index is 5.94. The molecular formula is C12H12ClN3. The molecule has 3 nitrogen and oxygen atoms in total. The lowest BCUT2D eigenvalue weighted by Gasteiger charge is -2.07. The van der Waals surface area contributed by atoms with Crippen molar-refractivity contribution in [3.05, 3.63) is 41.2 Å². The first kappa shape index (κ1) is 9.73. The van der Waals surface area contributed by atoms with Gasteiger partial charge in [-0.3, -0.25) is 0 Å². The van der Waals surface area contributed by atoms with E-state index < -0.39 is 0 Å². The standard InChI is InChI=1S/C12H12ClN3/c13-9-3-5-10(6-4-9)16-12(8-1-2-8)11(14)7-15-16/h3-8H,1-2,14H2. The highest BCUT2D eigenvalue weighted by Crippen LogP contribution is 2.43. The summed E-state index contributed by atoms with van der Waals surface area (Å²) in [5.74, 6) is 0.582. The monoisotopic (exact) mass is 233 g/mol. The second kappa shape index (κ2) is 3.52. The minimum Gasteiger partial charge on any atom is -0.396 e. The van der Waals surface area contributed by atoms with Gasteiger partial charge >= 0.3 is 0 Å². The predicted molar refractivity (Wildman–Crippen MR) is 65.0 cm³/mol. The molecule has 2 aromatic rings. The molecule has 82 valence electrons. The molecule has 4 heteroatoms.